The molecule has 1 aromatic heterocycles. The van der Waals surface area contributed by atoms with Gasteiger partial charge in [-0.1, -0.05) is 5.16 Å². The summed E-state index contributed by atoms with van der Waals surface area (Å²) in [6.45, 7) is 0.746. The van der Waals surface area contributed by atoms with Crippen molar-refractivity contribution >= 4 is 5.97 Å². The highest BCUT2D eigenvalue weighted by Crippen LogP contribution is 2.08. The number of hydrogen-bond donors (Lipinski definition) is 1. The van der Waals surface area contributed by atoms with E-state index in [1.54, 1.807) is 0 Å². The zero-order valence-corrected chi connectivity index (χ0v) is 7.65. The molecule has 0 aliphatic heterocycles. The lowest BCUT2D eigenvalue weighted by Crippen LogP contribution is -2.15. The van der Waals surface area contributed by atoms with Crippen LogP contribution in [0.5, 0.6) is 0 Å². The van der Waals surface area contributed by atoms with E-state index in [1.165, 1.54) is 6.20 Å². The molecule has 5 heteroatoms. The molecule has 1 heterocycles. The topological polar surface area (TPSA) is 66.6 Å². The van der Waals surface area contributed by atoms with Crippen LogP contribution < -0.4 is 0 Å². The maximum atomic E-state index is 10.6. The number of aromatic nitrogens is 1. The van der Waals surface area contributed by atoms with Crippen molar-refractivity contribution in [2.24, 2.45) is 0 Å². The quantitative estimate of drug-likeness (QED) is 0.737. The van der Waals surface area contributed by atoms with Gasteiger partial charge in [0.15, 0.2) is 5.76 Å². The molecule has 0 radical (unpaired) electrons. The molecule has 0 aliphatic carbocycles. The van der Waals surface area contributed by atoms with Gasteiger partial charge in [0.1, 0.15) is 5.56 Å². The first-order chi connectivity index (χ1) is 6.11. The smallest absolute Gasteiger partial charge is 0.340 e. The van der Waals surface area contributed by atoms with E-state index in [2.05, 4.69) is 5.16 Å². The van der Waals surface area contributed by atoms with Crippen LogP contribution in [-0.2, 0) is 6.42 Å². The van der Waals surface area contributed by atoms with E-state index in [4.69, 9.17) is 9.63 Å². The van der Waals surface area contributed by atoms with Crippen LogP contribution in [0.4, 0.5) is 0 Å². The van der Waals surface area contributed by atoms with Crippen molar-refractivity contribution in [1.82, 2.24) is 10.1 Å². The van der Waals surface area contributed by atoms with Gasteiger partial charge < -0.3 is 14.5 Å². The largest absolute Gasteiger partial charge is 0.478 e. The molecule has 0 atom stereocenters. The van der Waals surface area contributed by atoms with Crippen LogP contribution in [-0.4, -0.2) is 41.8 Å². The van der Waals surface area contributed by atoms with Gasteiger partial charge in [0.05, 0.1) is 6.20 Å². The summed E-state index contributed by atoms with van der Waals surface area (Å²) in [4.78, 5) is 12.6. The first-order valence-electron chi connectivity index (χ1n) is 3.93. The molecule has 1 N–H and O–H groups in total. The van der Waals surface area contributed by atoms with E-state index < -0.39 is 5.97 Å². The molecule has 13 heavy (non-hydrogen) atoms. The number of nitrogens with zero attached hydrogens (tertiary/aromatic N) is 2. The summed E-state index contributed by atoms with van der Waals surface area (Å²) in [7, 11) is 3.83. The molecule has 0 saturated heterocycles. The number of carboxylic acids is 1. The summed E-state index contributed by atoms with van der Waals surface area (Å²) in [5, 5.41) is 12.2. The van der Waals surface area contributed by atoms with E-state index in [-0.39, 0.29) is 5.56 Å². The molecule has 0 spiro atoms. The predicted octanol–water partition coefficient (Wildman–Crippen LogP) is 0.477. The summed E-state index contributed by atoms with van der Waals surface area (Å²) in [5.74, 6) is -0.559. The fraction of sp³-hybridized carbons (Fsp3) is 0.500. The first-order valence-corrected chi connectivity index (χ1v) is 3.93. The molecule has 1 aromatic rings. The van der Waals surface area contributed by atoms with Crippen LogP contribution in [0.2, 0.25) is 0 Å². The lowest BCUT2D eigenvalue weighted by molar-refractivity contribution is 0.0694. The fourth-order valence-corrected chi connectivity index (χ4v) is 0.944. The van der Waals surface area contributed by atoms with Crippen LogP contribution in [0.25, 0.3) is 0 Å². The molecule has 5 nitrogen and oxygen atoms in total. The third-order valence-corrected chi connectivity index (χ3v) is 1.66. The van der Waals surface area contributed by atoms with Gasteiger partial charge in [0.2, 0.25) is 0 Å². The van der Waals surface area contributed by atoms with Crippen molar-refractivity contribution in [3.8, 4) is 0 Å². The maximum Gasteiger partial charge on any atom is 0.340 e. The minimum absolute atomic E-state index is 0.154. The Morgan fingerprint density at radius 1 is 1.69 bits per heavy atom. The van der Waals surface area contributed by atoms with Crippen molar-refractivity contribution in [3.63, 3.8) is 0 Å². The Labute approximate surface area is 75.9 Å². The van der Waals surface area contributed by atoms with Crippen molar-refractivity contribution < 1.29 is 14.4 Å². The molecular weight excluding hydrogens is 172 g/mol. The van der Waals surface area contributed by atoms with Gasteiger partial charge in [-0.25, -0.2) is 4.79 Å². The number of hydrogen-bond acceptors (Lipinski definition) is 4. The van der Waals surface area contributed by atoms with Gasteiger partial charge in [0.25, 0.3) is 0 Å². The summed E-state index contributed by atoms with van der Waals surface area (Å²) < 4.78 is 4.82. The first kappa shape index (κ1) is 9.73. The van der Waals surface area contributed by atoms with E-state index in [1.807, 2.05) is 19.0 Å². The van der Waals surface area contributed by atoms with Gasteiger partial charge in [-0.3, -0.25) is 0 Å². The highest BCUT2D eigenvalue weighted by molar-refractivity contribution is 5.88. The highest BCUT2D eigenvalue weighted by Gasteiger charge is 2.14. The van der Waals surface area contributed by atoms with Crippen LogP contribution >= 0.6 is 0 Å². The molecule has 1 rings (SSSR count). The van der Waals surface area contributed by atoms with Crippen molar-refractivity contribution in [2.45, 2.75) is 6.42 Å². The van der Waals surface area contributed by atoms with Gasteiger partial charge in [0, 0.05) is 13.0 Å². The Morgan fingerprint density at radius 3 is 2.92 bits per heavy atom. The minimum atomic E-state index is -0.991. The van der Waals surface area contributed by atoms with Crippen molar-refractivity contribution in [2.75, 3.05) is 20.6 Å². The van der Waals surface area contributed by atoms with Gasteiger partial charge in [-0.15, -0.1) is 0 Å². The third kappa shape index (κ3) is 2.55. The van der Waals surface area contributed by atoms with Crippen LogP contribution in [0.3, 0.4) is 0 Å². The Bertz CT molecular complexity index is 293. The second-order valence-electron chi connectivity index (χ2n) is 3.02. The highest BCUT2D eigenvalue weighted by atomic mass is 16.5. The Hall–Kier alpha value is -1.36. The van der Waals surface area contributed by atoms with Crippen molar-refractivity contribution in [1.29, 1.82) is 0 Å². The van der Waals surface area contributed by atoms with Crippen LogP contribution in [0.15, 0.2) is 10.7 Å². The molecule has 0 amide bonds. The number of rotatable bonds is 4. The second-order valence-corrected chi connectivity index (χ2v) is 3.02. The minimum Gasteiger partial charge on any atom is -0.478 e. The number of aromatic carboxylic acids is 1. The molecule has 0 fully saturated rings. The lowest BCUT2D eigenvalue weighted by Gasteiger charge is -2.06. The summed E-state index contributed by atoms with van der Waals surface area (Å²) in [5.41, 5.74) is 0.154. The van der Waals surface area contributed by atoms with Crippen LogP contribution in [0, 0.1) is 0 Å². The standard InChI is InChI=1S/C8H12N2O3/c1-10(2)4-3-7-6(8(11)12)5-9-13-7/h5H,3-4H2,1-2H3,(H,11,12). The number of carboxylic acid groups (broad SMARTS) is 1. The lowest BCUT2D eigenvalue weighted by atomic mass is 10.2. The van der Waals surface area contributed by atoms with Gasteiger partial charge >= 0.3 is 5.97 Å². The second kappa shape index (κ2) is 4.04. The zero-order chi connectivity index (χ0) is 9.84. The number of carbonyl (C=O) groups is 1. The average molecular weight is 184 g/mol. The monoisotopic (exact) mass is 184 g/mol. The van der Waals surface area contributed by atoms with E-state index in [0.717, 1.165) is 6.54 Å². The third-order valence-electron chi connectivity index (χ3n) is 1.66. The number of likely N-dealkylation sites (N-methyl/N-ethyl adjacent to an activating group) is 1. The Kier molecular flexibility index (Phi) is 3.02. The van der Waals surface area contributed by atoms with E-state index in [9.17, 15) is 4.79 Å². The van der Waals surface area contributed by atoms with E-state index in [0.29, 0.717) is 12.2 Å². The summed E-state index contributed by atoms with van der Waals surface area (Å²) in [6.07, 6.45) is 1.79. The fourth-order valence-electron chi connectivity index (χ4n) is 0.944. The molecule has 0 saturated carbocycles. The summed E-state index contributed by atoms with van der Waals surface area (Å²) in [6, 6.07) is 0. The Morgan fingerprint density at radius 2 is 2.38 bits per heavy atom. The van der Waals surface area contributed by atoms with Crippen LogP contribution in [0.1, 0.15) is 16.1 Å². The molecule has 0 aliphatic rings. The van der Waals surface area contributed by atoms with Crippen molar-refractivity contribution in [3.05, 3.63) is 17.5 Å². The SMILES string of the molecule is CN(C)CCc1oncc1C(=O)O. The molecule has 0 bridgehead atoms. The van der Waals surface area contributed by atoms with Gasteiger partial charge in [-0.2, -0.15) is 0 Å². The normalized spacial score (nSPS) is 10.7. The molecule has 72 valence electrons. The maximum absolute atomic E-state index is 10.6. The molecule has 0 aromatic carbocycles. The van der Waals surface area contributed by atoms with Gasteiger partial charge in [-0.05, 0) is 14.1 Å². The van der Waals surface area contributed by atoms with E-state index >= 15 is 0 Å². The molecular formula is C8H12N2O3. The molecule has 0 unspecified atom stereocenters. The predicted molar refractivity (Wildman–Crippen MR) is 45.7 cm³/mol. The average Bonchev–Trinajstić information content (AvgIpc) is 2.47. The zero-order valence-electron chi connectivity index (χ0n) is 7.65. The Balaban J connectivity index is 2.65. The summed E-state index contributed by atoms with van der Waals surface area (Å²) >= 11 is 0.